The molecular formula is C7H7BrOZn. The zero-order valence-electron chi connectivity index (χ0n) is 5.80. The quantitative estimate of drug-likeness (QED) is 0.698. The van der Waals surface area contributed by atoms with Gasteiger partial charge in [-0.05, 0) is 24.3 Å². The molecule has 0 heterocycles. The summed E-state index contributed by atoms with van der Waals surface area (Å²) in [5.74, 6) is 0.887. The normalized spacial score (nSPS) is 8.20. The average Bonchev–Trinajstić information content (AvgIpc) is 1.90. The van der Waals surface area contributed by atoms with E-state index in [1.165, 1.54) is 0 Å². The van der Waals surface area contributed by atoms with Gasteiger partial charge in [0.1, 0.15) is 5.75 Å². The summed E-state index contributed by atoms with van der Waals surface area (Å²) < 4.78 is 6.02. The van der Waals surface area contributed by atoms with Crippen molar-refractivity contribution in [1.29, 1.82) is 0 Å². The van der Waals surface area contributed by atoms with Crippen molar-refractivity contribution < 1.29 is 24.2 Å². The van der Waals surface area contributed by atoms with Crippen molar-refractivity contribution >= 4 is 15.9 Å². The first kappa shape index (κ1) is 10.1. The van der Waals surface area contributed by atoms with Crippen molar-refractivity contribution in [3.05, 3.63) is 28.7 Å². The van der Waals surface area contributed by atoms with Gasteiger partial charge >= 0.3 is 0 Å². The molecule has 0 spiro atoms. The van der Waals surface area contributed by atoms with Gasteiger partial charge in [0.15, 0.2) is 0 Å². The van der Waals surface area contributed by atoms with Crippen molar-refractivity contribution in [2.45, 2.75) is 0 Å². The fraction of sp³-hybridized carbons (Fsp3) is 0.143. The van der Waals surface area contributed by atoms with Crippen LogP contribution < -0.4 is 4.74 Å². The second kappa shape index (κ2) is 4.87. The van der Waals surface area contributed by atoms with E-state index in [1.807, 2.05) is 24.3 Å². The maximum Gasteiger partial charge on any atom is 0.118 e. The Bertz CT molecular complexity index is 185. The average molecular weight is 252 g/mol. The van der Waals surface area contributed by atoms with Crippen LogP contribution in [0.1, 0.15) is 0 Å². The van der Waals surface area contributed by atoms with Crippen LogP contribution in [-0.4, -0.2) is 7.11 Å². The van der Waals surface area contributed by atoms with E-state index in [-0.39, 0.29) is 19.5 Å². The maximum atomic E-state index is 4.95. The molecule has 0 aliphatic rings. The first-order chi connectivity index (χ1) is 4.33. The summed E-state index contributed by atoms with van der Waals surface area (Å²) in [5, 5.41) is 0. The summed E-state index contributed by atoms with van der Waals surface area (Å²) in [5.41, 5.74) is 0. The molecule has 1 rings (SSSR count). The van der Waals surface area contributed by atoms with Gasteiger partial charge in [0.05, 0.1) is 7.11 Å². The van der Waals surface area contributed by atoms with Gasteiger partial charge in [-0.15, -0.1) is 0 Å². The molecule has 1 nitrogen and oxygen atoms in total. The Labute approximate surface area is 81.7 Å². The number of hydrogen-bond donors (Lipinski definition) is 0. The predicted molar refractivity (Wildman–Crippen MR) is 40.7 cm³/mol. The smallest absolute Gasteiger partial charge is 0.118 e. The minimum Gasteiger partial charge on any atom is -0.497 e. The van der Waals surface area contributed by atoms with Crippen molar-refractivity contribution in [2.75, 3.05) is 7.11 Å². The molecule has 0 saturated heterocycles. The summed E-state index contributed by atoms with van der Waals surface area (Å²) >= 11 is 3.32. The molecule has 10 heavy (non-hydrogen) atoms. The molecule has 0 aliphatic carbocycles. The molecule has 0 aliphatic heterocycles. The Morgan fingerprint density at radius 1 is 1.20 bits per heavy atom. The van der Waals surface area contributed by atoms with Crippen molar-refractivity contribution in [2.24, 2.45) is 0 Å². The van der Waals surface area contributed by atoms with Crippen LogP contribution >= 0.6 is 15.9 Å². The van der Waals surface area contributed by atoms with Crippen molar-refractivity contribution in [3.63, 3.8) is 0 Å². The second-order valence-electron chi connectivity index (χ2n) is 1.66. The number of hydrogen-bond acceptors (Lipinski definition) is 1. The first-order valence-corrected chi connectivity index (χ1v) is 3.42. The van der Waals surface area contributed by atoms with E-state index in [0.29, 0.717) is 0 Å². The fourth-order valence-corrected chi connectivity index (χ4v) is 0.835. The van der Waals surface area contributed by atoms with E-state index in [9.17, 15) is 0 Å². The largest absolute Gasteiger partial charge is 0.497 e. The standard InChI is InChI=1S/C7H7BrO.Zn/c1-9-7-4-2-6(8)3-5-7;/h2-5H,1H3;. The monoisotopic (exact) mass is 250 g/mol. The van der Waals surface area contributed by atoms with Crippen molar-refractivity contribution in [1.82, 2.24) is 0 Å². The molecule has 0 amide bonds. The summed E-state index contributed by atoms with van der Waals surface area (Å²) in [4.78, 5) is 0. The van der Waals surface area contributed by atoms with Gasteiger partial charge in [0.25, 0.3) is 0 Å². The van der Waals surface area contributed by atoms with Crippen LogP contribution in [0.4, 0.5) is 0 Å². The maximum absolute atomic E-state index is 4.95. The van der Waals surface area contributed by atoms with Crippen LogP contribution in [0.25, 0.3) is 0 Å². The molecule has 3 heteroatoms. The van der Waals surface area contributed by atoms with Gasteiger partial charge in [-0.25, -0.2) is 0 Å². The van der Waals surface area contributed by atoms with Crippen LogP contribution in [0.3, 0.4) is 0 Å². The Kier molecular flexibility index (Phi) is 4.93. The molecule has 50 valence electrons. The molecule has 0 saturated carbocycles. The minimum atomic E-state index is 0. The van der Waals surface area contributed by atoms with Crippen LogP contribution in [0, 0.1) is 0 Å². The molecule has 0 bridgehead atoms. The summed E-state index contributed by atoms with van der Waals surface area (Å²) in [6, 6.07) is 7.70. The third kappa shape index (κ3) is 2.80. The third-order valence-corrected chi connectivity index (χ3v) is 1.58. The molecule has 0 atom stereocenters. The Morgan fingerprint density at radius 2 is 1.70 bits per heavy atom. The van der Waals surface area contributed by atoms with E-state index in [4.69, 9.17) is 4.74 Å². The van der Waals surface area contributed by atoms with Crippen molar-refractivity contribution in [3.8, 4) is 5.75 Å². The first-order valence-electron chi connectivity index (χ1n) is 2.62. The van der Waals surface area contributed by atoms with E-state index in [0.717, 1.165) is 10.2 Å². The number of ether oxygens (including phenoxy) is 1. The zero-order chi connectivity index (χ0) is 6.69. The third-order valence-electron chi connectivity index (χ3n) is 1.05. The number of benzene rings is 1. The van der Waals surface area contributed by atoms with Crippen LogP contribution in [0.15, 0.2) is 28.7 Å². The Morgan fingerprint density at radius 3 is 2.10 bits per heavy atom. The van der Waals surface area contributed by atoms with Gasteiger partial charge in [-0.2, -0.15) is 0 Å². The van der Waals surface area contributed by atoms with E-state index < -0.39 is 0 Å². The molecular weight excluding hydrogens is 245 g/mol. The topological polar surface area (TPSA) is 9.23 Å². The molecule has 0 unspecified atom stereocenters. The summed E-state index contributed by atoms with van der Waals surface area (Å²) in [6.07, 6.45) is 0. The molecule has 1 aromatic carbocycles. The molecule has 0 radical (unpaired) electrons. The van der Waals surface area contributed by atoms with Gasteiger partial charge in [0, 0.05) is 24.0 Å². The zero-order valence-corrected chi connectivity index (χ0v) is 10.4. The number of halogens is 1. The van der Waals surface area contributed by atoms with Crippen LogP contribution in [0.2, 0.25) is 0 Å². The predicted octanol–water partition coefficient (Wildman–Crippen LogP) is 2.46. The molecule has 0 aromatic heterocycles. The SMILES string of the molecule is COc1ccc(Br)cc1.[Zn]. The molecule has 0 fully saturated rings. The van der Waals surface area contributed by atoms with Gasteiger partial charge in [-0.3, -0.25) is 0 Å². The minimum absolute atomic E-state index is 0. The van der Waals surface area contributed by atoms with E-state index in [1.54, 1.807) is 7.11 Å². The summed E-state index contributed by atoms with van der Waals surface area (Å²) in [7, 11) is 1.66. The Balaban J connectivity index is 0.000000810. The van der Waals surface area contributed by atoms with E-state index in [2.05, 4.69) is 15.9 Å². The fourth-order valence-electron chi connectivity index (χ4n) is 0.571. The van der Waals surface area contributed by atoms with Crippen LogP contribution in [-0.2, 0) is 19.5 Å². The van der Waals surface area contributed by atoms with Gasteiger partial charge in [-0.1, -0.05) is 15.9 Å². The van der Waals surface area contributed by atoms with Gasteiger partial charge in [0.2, 0.25) is 0 Å². The van der Waals surface area contributed by atoms with E-state index >= 15 is 0 Å². The van der Waals surface area contributed by atoms with Crippen LogP contribution in [0.5, 0.6) is 5.75 Å². The molecule has 0 N–H and O–H groups in total. The second-order valence-corrected chi connectivity index (χ2v) is 2.57. The summed E-state index contributed by atoms with van der Waals surface area (Å²) in [6.45, 7) is 0. The number of methoxy groups -OCH3 is 1. The Hall–Kier alpha value is 0.123. The number of rotatable bonds is 1. The van der Waals surface area contributed by atoms with Gasteiger partial charge < -0.3 is 4.74 Å². The molecule has 1 aromatic rings.